The Labute approximate surface area is 136 Å². The number of benzene rings is 2. The topological polar surface area (TPSA) is 33.6 Å². The molecule has 2 aromatic rings. The van der Waals surface area contributed by atoms with E-state index in [0.717, 1.165) is 0 Å². The van der Waals surface area contributed by atoms with Crippen molar-refractivity contribution in [1.82, 2.24) is 0 Å². The van der Waals surface area contributed by atoms with E-state index in [4.69, 9.17) is 23.2 Å². The summed E-state index contributed by atoms with van der Waals surface area (Å²) in [4.78, 5) is 0. The van der Waals surface area contributed by atoms with Crippen molar-refractivity contribution >= 4 is 34.6 Å². The van der Waals surface area contributed by atoms with Crippen molar-refractivity contribution in [2.24, 2.45) is 5.10 Å². The lowest BCUT2D eigenvalue weighted by Crippen LogP contribution is -2.07. The molecule has 0 atom stereocenters. The van der Waals surface area contributed by atoms with E-state index in [9.17, 15) is 8.78 Å². The van der Waals surface area contributed by atoms with Gasteiger partial charge in [-0.2, -0.15) is 13.9 Å². The van der Waals surface area contributed by atoms with Gasteiger partial charge in [-0.3, -0.25) is 5.43 Å². The molecule has 0 bridgehead atoms. The molecule has 2 rings (SSSR count). The predicted molar refractivity (Wildman–Crippen MR) is 85.4 cm³/mol. The summed E-state index contributed by atoms with van der Waals surface area (Å²) in [5, 5.41) is 4.97. The van der Waals surface area contributed by atoms with Gasteiger partial charge >= 0.3 is 6.61 Å². The number of hydrogen-bond acceptors (Lipinski definition) is 3. The maximum atomic E-state index is 12.4. The van der Waals surface area contributed by atoms with Gasteiger partial charge in [-0.05, 0) is 37.3 Å². The quantitative estimate of drug-likeness (QED) is 0.579. The van der Waals surface area contributed by atoms with Crippen LogP contribution in [-0.4, -0.2) is 12.3 Å². The van der Waals surface area contributed by atoms with Gasteiger partial charge in [0.15, 0.2) is 0 Å². The Balaban J connectivity index is 2.20. The second-order valence-electron chi connectivity index (χ2n) is 4.31. The van der Waals surface area contributed by atoms with Crippen LogP contribution in [0.5, 0.6) is 5.75 Å². The Morgan fingerprint density at radius 3 is 2.55 bits per heavy atom. The normalized spacial score (nSPS) is 11.6. The second kappa shape index (κ2) is 7.42. The third-order valence-corrected chi connectivity index (χ3v) is 3.50. The second-order valence-corrected chi connectivity index (χ2v) is 5.13. The molecule has 2 aromatic carbocycles. The summed E-state index contributed by atoms with van der Waals surface area (Å²) < 4.78 is 29.3. The van der Waals surface area contributed by atoms with Crippen LogP contribution in [0.3, 0.4) is 0 Å². The first kappa shape index (κ1) is 16.5. The summed E-state index contributed by atoms with van der Waals surface area (Å²) in [7, 11) is 0. The standard InChI is InChI=1S/C15H12Cl2F2N2O/c1-9(11-4-2-3-5-14(11)22-15(18)19)20-21-10-6-7-12(16)13(17)8-10/h2-8,15,21H,1H3/b20-9-. The van der Waals surface area contributed by atoms with Crippen LogP contribution in [-0.2, 0) is 0 Å². The minimum absolute atomic E-state index is 0.0645. The number of alkyl halides is 2. The van der Waals surface area contributed by atoms with Gasteiger partial charge in [0.05, 0.1) is 21.4 Å². The Bertz CT molecular complexity index is 693. The lowest BCUT2D eigenvalue weighted by molar-refractivity contribution is -0.0499. The molecule has 3 nitrogen and oxygen atoms in total. The highest BCUT2D eigenvalue weighted by Crippen LogP contribution is 2.25. The van der Waals surface area contributed by atoms with Gasteiger partial charge < -0.3 is 4.74 Å². The van der Waals surface area contributed by atoms with E-state index in [-0.39, 0.29) is 5.75 Å². The molecule has 0 aliphatic heterocycles. The van der Waals surface area contributed by atoms with Gasteiger partial charge in [0.2, 0.25) is 0 Å². The van der Waals surface area contributed by atoms with Gasteiger partial charge in [0, 0.05) is 5.56 Å². The molecule has 0 aliphatic carbocycles. The van der Waals surface area contributed by atoms with Crippen LogP contribution in [0.4, 0.5) is 14.5 Å². The molecule has 0 heterocycles. The van der Waals surface area contributed by atoms with Crippen LogP contribution in [0, 0.1) is 0 Å². The van der Waals surface area contributed by atoms with Gasteiger partial charge in [-0.1, -0.05) is 35.3 Å². The molecule has 7 heteroatoms. The molecule has 1 N–H and O–H groups in total. The number of nitrogens with one attached hydrogen (secondary N) is 1. The summed E-state index contributed by atoms with van der Waals surface area (Å²) in [6, 6.07) is 11.4. The first-order chi connectivity index (χ1) is 10.5. The summed E-state index contributed by atoms with van der Waals surface area (Å²) >= 11 is 11.7. The Morgan fingerprint density at radius 1 is 1.14 bits per heavy atom. The van der Waals surface area contributed by atoms with Crippen LogP contribution in [0.25, 0.3) is 0 Å². The molecular weight excluding hydrogens is 333 g/mol. The molecular formula is C15H12Cl2F2N2O. The number of ether oxygens (including phenoxy) is 1. The maximum Gasteiger partial charge on any atom is 0.387 e. The highest BCUT2D eigenvalue weighted by atomic mass is 35.5. The average Bonchev–Trinajstić information content (AvgIpc) is 2.48. The van der Waals surface area contributed by atoms with Crippen LogP contribution < -0.4 is 10.2 Å². The van der Waals surface area contributed by atoms with Crippen LogP contribution in [0.1, 0.15) is 12.5 Å². The van der Waals surface area contributed by atoms with Gasteiger partial charge in [-0.15, -0.1) is 0 Å². The molecule has 116 valence electrons. The van der Waals surface area contributed by atoms with E-state index in [1.807, 2.05) is 0 Å². The van der Waals surface area contributed by atoms with Crippen LogP contribution in [0.15, 0.2) is 47.6 Å². The molecule has 0 amide bonds. The number of para-hydroxylation sites is 1. The van der Waals surface area contributed by atoms with E-state index in [2.05, 4.69) is 15.3 Å². The van der Waals surface area contributed by atoms with Crippen molar-refractivity contribution < 1.29 is 13.5 Å². The minimum Gasteiger partial charge on any atom is -0.434 e. The lowest BCUT2D eigenvalue weighted by atomic mass is 10.1. The van der Waals surface area contributed by atoms with E-state index in [0.29, 0.717) is 27.0 Å². The first-order valence-corrected chi connectivity index (χ1v) is 7.02. The van der Waals surface area contributed by atoms with Crippen molar-refractivity contribution in [2.45, 2.75) is 13.5 Å². The Kier molecular flexibility index (Phi) is 5.57. The zero-order valence-corrected chi connectivity index (χ0v) is 13.0. The largest absolute Gasteiger partial charge is 0.434 e. The maximum absolute atomic E-state index is 12.4. The molecule has 0 spiro atoms. The number of nitrogens with zero attached hydrogens (tertiary/aromatic N) is 1. The molecule has 0 aromatic heterocycles. The van der Waals surface area contributed by atoms with Crippen molar-refractivity contribution in [3.8, 4) is 5.75 Å². The fourth-order valence-electron chi connectivity index (χ4n) is 1.74. The molecule has 0 unspecified atom stereocenters. The molecule has 0 aliphatic rings. The third kappa shape index (κ3) is 4.32. The Hall–Kier alpha value is -1.85. The van der Waals surface area contributed by atoms with Crippen LogP contribution in [0.2, 0.25) is 10.0 Å². The summed E-state index contributed by atoms with van der Waals surface area (Å²) in [6.07, 6.45) is 0. The Morgan fingerprint density at radius 2 is 1.86 bits per heavy atom. The molecule has 0 saturated heterocycles. The van der Waals surface area contributed by atoms with Crippen molar-refractivity contribution in [1.29, 1.82) is 0 Å². The first-order valence-electron chi connectivity index (χ1n) is 6.27. The number of rotatable bonds is 5. The van der Waals surface area contributed by atoms with Crippen LogP contribution >= 0.6 is 23.2 Å². The van der Waals surface area contributed by atoms with Crippen molar-refractivity contribution in [3.63, 3.8) is 0 Å². The zero-order valence-electron chi connectivity index (χ0n) is 11.5. The highest BCUT2D eigenvalue weighted by molar-refractivity contribution is 6.42. The summed E-state index contributed by atoms with van der Waals surface area (Å²) in [6.45, 7) is -1.21. The van der Waals surface area contributed by atoms with E-state index in [1.165, 1.54) is 6.07 Å². The average molecular weight is 345 g/mol. The predicted octanol–water partition coefficient (Wildman–Crippen LogP) is 5.43. The number of hydrazone groups is 1. The van der Waals surface area contributed by atoms with Gasteiger partial charge in [0.25, 0.3) is 0 Å². The van der Waals surface area contributed by atoms with Crippen molar-refractivity contribution in [3.05, 3.63) is 58.1 Å². The molecule has 22 heavy (non-hydrogen) atoms. The van der Waals surface area contributed by atoms with Gasteiger partial charge in [-0.25, -0.2) is 0 Å². The SMILES string of the molecule is C/C(=N/Nc1ccc(Cl)c(Cl)c1)c1ccccc1OC(F)F. The van der Waals surface area contributed by atoms with E-state index in [1.54, 1.807) is 43.3 Å². The monoisotopic (exact) mass is 344 g/mol. The number of hydrogen-bond donors (Lipinski definition) is 1. The van der Waals surface area contributed by atoms with Gasteiger partial charge in [0.1, 0.15) is 5.75 Å². The number of halogens is 4. The van der Waals surface area contributed by atoms with E-state index < -0.39 is 6.61 Å². The lowest BCUT2D eigenvalue weighted by Gasteiger charge is -2.10. The number of anilines is 1. The zero-order chi connectivity index (χ0) is 16.1. The smallest absolute Gasteiger partial charge is 0.387 e. The molecule has 0 saturated carbocycles. The molecule has 0 fully saturated rings. The van der Waals surface area contributed by atoms with E-state index >= 15 is 0 Å². The third-order valence-electron chi connectivity index (χ3n) is 2.77. The summed E-state index contributed by atoms with van der Waals surface area (Å²) in [5.74, 6) is 0.0645. The highest BCUT2D eigenvalue weighted by Gasteiger charge is 2.11. The molecule has 0 radical (unpaired) electrons. The fraction of sp³-hybridized carbons (Fsp3) is 0.133. The van der Waals surface area contributed by atoms with Crippen molar-refractivity contribution in [2.75, 3.05) is 5.43 Å². The summed E-state index contributed by atoms with van der Waals surface area (Å²) in [5.41, 5.74) is 4.38. The fourth-order valence-corrected chi connectivity index (χ4v) is 2.04. The minimum atomic E-state index is -2.89.